The molecule has 0 radical (unpaired) electrons. The van der Waals surface area contributed by atoms with Gasteiger partial charge in [-0.3, -0.25) is 4.99 Å². The lowest BCUT2D eigenvalue weighted by Crippen LogP contribution is -2.19. The second kappa shape index (κ2) is 6.51. The lowest BCUT2D eigenvalue weighted by atomic mass is 10.0. The number of benzene rings is 2. The molecule has 0 aromatic heterocycles. The van der Waals surface area contributed by atoms with Gasteiger partial charge in [-0.1, -0.05) is 42.5 Å². The number of nitrogens with one attached hydrogen (secondary N) is 1. The third-order valence-corrected chi connectivity index (χ3v) is 2.90. The van der Waals surface area contributed by atoms with E-state index in [1.54, 1.807) is 0 Å². The summed E-state index contributed by atoms with van der Waals surface area (Å²) in [5.41, 5.74) is 1.21. The minimum atomic E-state index is -1.82. The second-order valence-electron chi connectivity index (χ2n) is 4.29. The van der Waals surface area contributed by atoms with Crippen molar-refractivity contribution >= 4 is 28.5 Å². The van der Waals surface area contributed by atoms with Crippen molar-refractivity contribution in [3.05, 3.63) is 48.0 Å². The van der Waals surface area contributed by atoms with Gasteiger partial charge >= 0.3 is 11.9 Å². The molecule has 0 unspecified atom stereocenters. The molecule has 1 aliphatic heterocycles. The molecule has 3 N–H and O–H groups in total. The number of carbonyl (C=O) groups is 2. The maximum Gasteiger partial charge on any atom is 0.414 e. The van der Waals surface area contributed by atoms with Crippen molar-refractivity contribution in [1.82, 2.24) is 5.32 Å². The van der Waals surface area contributed by atoms with E-state index in [4.69, 9.17) is 19.8 Å². The van der Waals surface area contributed by atoms with Gasteiger partial charge in [-0.15, -0.1) is 0 Å². The lowest BCUT2D eigenvalue weighted by molar-refractivity contribution is -0.159. The van der Waals surface area contributed by atoms with Gasteiger partial charge < -0.3 is 15.5 Å². The molecular formula is C15H14N2O4. The third kappa shape index (κ3) is 3.56. The minimum Gasteiger partial charge on any atom is -0.473 e. The van der Waals surface area contributed by atoms with E-state index < -0.39 is 11.9 Å². The fourth-order valence-corrected chi connectivity index (χ4v) is 2.01. The standard InChI is InChI=1S/C13H12N2.C2H2O4/c1-2-6-11-10(4-1)5-3-7-12(11)13-14-8-9-15-13;3-1(4)2(5)6/h1-7H,8-9H2,(H,14,15);(H,3,4)(H,5,6). The Morgan fingerprint density at radius 1 is 1.00 bits per heavy atom. The molecule has 6 heteroatoms. The number of nitrogens with zero attached hydrogens (tertiary/aromatic N) is 1. The number of hydrogen-bond donors (Lipinski definition) is 3. The first-order chi connectivity index (χ1) is 10.1. The average Bonchev–Trinajstić information content (AvgIpc) is 3.01. The zero-order valence-electron chi connectivity index (χ0n) is 11.1. The van der Waals surface area contributed by atoms with E-state index in [0.717, 1.165) is 18.9 Å². The summed E-state index contributed by atoms with van der Waals surface area (Å²) in [5, 5.41) is 20.6. The normalized spacial score (nSPS) is 12.9. The molecule has 0 aliphatic carbocycles. The maximum atomic E-state index is 9.10. The van der Waals surface area contributed by atoms with Crippen molar-refractivity contribution in [2.75, 3.05) is 13.1 Å². The van der Waals surface area contributed by atoms with Crippen LogP contribution >= 0.6 is 0 Å². The van der Waals surface area contributed by atoms with Crippen LogP contribution in [0.25, 0.3) is 10.8 Å². The number of rotatable bonds is 1. The number of fused-ring (bicyclic) bond motifs is 1. The summed E-state index contributed by atoms with van der Waals surface area (Å²) >= 11 is 0. The highest BCUT2D eigenvalue weighted by Crippen LogP contribution is 2.19. The number of hydrogen-bond acceptors (Lipinski definition) is 4. The second-order valence-corrected chi connectivity index (χ2v) is 4.29. The van der Waals surface area contributed by atoms with E-state index in [-0.39, 0.29) is 0 Å². The number of carboxylic acids is 2. The van der Waals surface area contributed by atoms with Crippen LogP contribution < -0.4 is 5.32 Å². The molecule has 3 rings (SSSR count). The highest BCUT2D eigenvalue weighted by molar-refractivity contribution is 6.27. The van der Waals surface area contributed by atoms with Gasteiger partial charge in [-0.05, 0) is 10.8 Å². The fraction of sp³-hybridized carbons (Fsp3) is 0.133. The fourth-order valence-electron chi connectivity index (χ4n) is 2.01. The van der Waals surface area contributed by atoms with Crippen LogP contribution in [0.3, 0.4) is 0 Å². The van der Waals surface area contributed by atoms with Crippen LogP contribution in [0.2, 0.25) is 0 Å². The Morgan fingerprint density at radius 3 is 2.29 bits per heavy atom. The van der Waals surface area contributed by atoms with Crippen LogP contribution in [-0.2, 0) is 9.59 Å². The maximum absolute atomic E-state index is 9.10. The SMILES string of the molecule is O=C(O)C(=O)O.c1ccc2c(C3=NCCN3)cccc2c1. The summed E-state index contributed by atoms with van der Waals surface area (Å²) < 4.78 is 0. The van der Waals surface area contributed by atoms with E-state index in [1.807, 2.05) is 0 Å². The van der Waals surface area contributed by atoms with Crippen molar-refractivity contribution in [2.24, 2.45) is 4.99 Å². The summed E-state index contributed by atoms with van der Waals surface area (Å²) in [7, 11) is 0. The van der Waals surface area contributed by atoms with Gasteiger partial charge in [0, 0.05) is 12.1 Å². The summed E-state index contributed by atoms with van der Waals surface area (Å²) in [4.78, 5) is 22.7. The van der Waals surface area contributed by atoms with E-state index in [9.17, 15) is 0 Å². The Hall–Kier alpha value is -2.89. The van der Waals surface area contributed by atoms with Gasteiger partial charge in [0.1, 0.15) is 5.84 Å². The molecule has 108 valence electrons. The van der Waals surface area contributed by atoms with Gasteiger partial charge in [0.25, 0.3) is 0 Å². The van der Waals surface area contributed by atoms with Crippen molar-refractivity contribution in [1.29, 1.82) is 0 Å². The molecule has 0 atom stereocenters. The number of aliphatic carboxylic acids is 2. The van der Waals surface area contributed by atoms with E-state index in [2.05, 4.69) is 52.8 Å². The molecule has 0 bridgehead atoms. The quantitative estimate of drug-likeness (QED) is 0.687. The topological polar surface area (TPSA) is 99.0 Å². The van der Waals surface area contributed by atoms with Crippen molar-refractivity contribution in [3.63, 3.8) is 0 Å². The van der Waals surface area contributed by atoms with Crippen LogP contribution in [0.1, 0.15) is 5.56 Å². The molecular weight excluding hydrogens is 272 g/mol. The molecule has 0 saturated carbocycles. The summed E-state index contributed by atoms with van der Waals surface area (Å²) in [6.45, 7) is 1.84. The molecule has 0 fully saturated rings. The van der Waals surface area contributed by atoms with E-state index >= 15 is 0 Å². The summed E-state index contributed by atoms with van der Waals surface area (Å²) in [6.07, 6.45) is 0. The van der Waals surface area contributed by atoms with E-state index in [1.165, 1.54) is 16.3 Å². The predicted octanol–water partition coefficient (Wildman–Crippen LogP) is 1.35. The monoisotopic (exact) mass is 286 g/mol. The first-order valence-electron chi connectivity index (χ1n) is 6.32. The van der Waals surface area contributed by atoms with Crippen LogP contribution in [0, 0.1) is 0 Å². The Morgan fingerprint density at radius 2 is 1.67 bits per heavy atom. The minimum absolute atomic E-state index is 0.887. The smallest absolute Gasteiger partial charge is 0.414 e. The molecule has 0 spiro atoms. The van der Waals surface area contributed by atoms with Gasteiger partial charge in [-0.2, -0.15) is 0 Å². The molecule has 0 amide bonds. The lowest BCUT2D eigenvalue weighted by Gasteiger charge is -2.06. The van der Waals surface area contributed by atoms with E-state index in [0.29, 0.717) is 0 Å². The zero-order chi connectivity index (χ0) is 15.2. The van der Waals surface area contributed by atoms with Gasteiger partial charge in [0.05, 0.1) is 6.54 Å². The van der Waals surface area contributed by atoms with Crippen LogP contribution in [0.15, 0.2) is 47.5 Å². The third-order valence-electron chi connectivity index (χ3n) is 2.90. The van der Waals surface area contributed by atoms with Crippen molar-refractivity contribution < 1.29 is 19.8 Å². The highest BCUT2D eigenvalue weighted by Gasteiger charge is 2.10. The molecule has 21 heavy (non-hydrogen) atoms. The molecule has 2 aromatic rings. The average molecular weight is 286 g/mol. The molecule has 1 aliphatic rings. The molecule has 0 saturated heterocycles. The van der Waals surface area contributed by atoms with Gasteiger partial charge in [0.15, 0.2) is 0 Å². The number of amidine groups is 1. The van der Waals surface area contributed by atoms with Gasteiger partial charge in [-0.25, -0.2) is 9.59 Å². The highest BCUT2D eigenvalue weighted by atomic mass is 16.4. The predicted molar refractivity (Wildman–Crippen MR) is 78.6 cm³/mol. The first-order valence-corrected chi connectivity index (χ1v) is 6.32. The number of carboxylic acid groups (broad SMARTS) is 2. The Balaban J connectivity index is 0.000000232. The zero-order valence-corrected chi connectivity index (χ0v) is 11.1. The van der Waals surface area contributed by atoms with Crippen LogP contribution in [0.4, 0.5) is 0 Å². The molecule has 1 heterocycles. The summed E-state index contributed by atoms with van der Waals surface area (Å²) in [5.74, 6) is -2.61. The molecule has 6 nitrogen and oxygen atoms in total. The van der Waals surface area contributed by atoms with Crippen molar-refractivity contribution in [2.45, 2.75) is 0 Å². The first kappa shape index (κ1) is 14.5. The van der Waals surface area contributed by atoms with Gasteiger partial charge in [0.2, 0.25) is 0 Å². The Bertz CT molecular complexity index is 692. The molecule has 2 aromatic carbocycles. The number of aliphatic imine (C=N–C) groups is 1. The van der Waals surface area contributed by atoms with Crippen LogP contribution in [0.5, 0.6) is 0 Å². The largest absolute Gasteiger partial charge is 0.473 e. The Kier molecular flexibility index (Phi) is 4.50. The summed E-state index contributed by atoms with van der Waals surface area (Å²) in [6, 6.07) is 14.8. The van der Waals surface area contributed by atoms with Crippen molar-refractivity contribution in [3.8, 4) is 0 Å². The van der Waals surface area contributed by atoms with Crippen LogP contribution in [-0.4, -0.2) is 41.1 Å². The Labute approximate surface area is 120 Å².